The number of rotatable bonds is 69. The van der Waals surface area contributed by atoms with E-state index in [1.165, 1.54) is 161 Å². The van der Waals surface area contributed by atoms with E-state index in [2.05, 4.69) is 48.5 Å². The summed E-state index contributed by atoms with van der Waals surface area (Å²) in [5.74, 6) is 0.0868. The van der Waals surface area contributed by atoms with Crippen LogP contribution in [0.5, 0.6) is 0 Å². The highest BCUT2D eigenvalue weighted by atomic mass is 31.2. The maximum Gasteiger partial charge on any atom is 0.472 e. The first-order valence-corrected chi connectivity index (χ1v) is 39.9. The fourth-order valence-corrected chi connectivity index (χ4v) is 12.3. The summed E-state index contributed by atoms with van der Waals surface area (Å²) in [6.45, 7) is 11.7. The van der Waals surface area contributed by atoms with Crippen LogP contribution in [0.25, 0.3) is 0 Å². The lowest BCUT2D eigenvalue weighted by Crippen LogP contribution is -2.30. The maximum absolute atomic E-state index is 13.0. The second kappa shape index (κ2) is 61.9. The summed E-state index contributed by atoms with van der Waals surface area (Å²) >= 11 is 0. The Morgan fingerprint density at radius 2 is 0.567 bits per heavy atom. The first-order valence-electron chi connectivity index (χ1n) is 36.9. The Labute approximate surface area is 549 Å². The number of aliphatic hydroxyl groups is 1. The van der Waals surface area contributed by atoms with Gasteiger partial charge in [0, 0.05) is 25.7 Å². The summed E-state index contributed by atoms with van der Waals surface area (Å²) in [6, 6.07) is 0. The van der Waals surface area contributed by atoms with Crippen molar-refractivity contribution < 1.29 is 80.2 Å². The van der Waals surface area contributed by atoms with Crippen molar-refractivity contribution in [3.63, 3.8) is 0 Å². The highest BCUT2D eigenvalue weighted by Crippen LogP contribution is 2.45. The molecular weight excluding hydrogens is 1190 g/mol. The molecule has 6 atom stereocenters. The van der Waals surface area contributed by atoms with Gasteiger partial charge in [-0.1, -0.05) is 305 Å². The summed E-state index contributed by atoms with van der Waals surface area (Å²) in [5.41, 5.74) is 0. The number of phosphoric ester groups is 2. The Morgan fingerprint density at radius 3 is 0.844 bits per heavy atom. The first-order chi connectivity index (χ1) is 43.3. The molecule has 534 valence electrons. The molecule has 0 aromatic carbocycles. The molecule has 17 nitrogen and oxygen atoms in total. The Hall–Kier alpha value is -1.94. The number of hydrogen-bond acceptors (Lipinski definition) is 15. The van der Waals surface area contributed by atoms with E-state index < -0.39 is 97.5 Å². The Kier molecular flexibility index (Phi) is 60.6. The van der Waals surface area contributed by atoms with Gasteiger partial charge in [0.1, 0.15) is 19.3 Å². The lowest BCUT2D eigenvalue weighted by molar-refractivity contribution is -0.161. The van der Waals surface area contributed by atoms with E-state index in [0.717, 1.165) is 102 Å². The SMILES string of the molecule is CCCCCCCCCCCCC(=O)OC[C@H](COP(=O)(O)OC[C@@H](O)COP(=O)(O)OC[C@@H](COC(=O)CCCCCCCCC(C)C)OC(=O)CCCCCCCCC(C)C)OC(=O)CCCCCCCCCCCCCCCCCCCCC(C)CC. The molecule has 0 rings (SSSR count). The minimum atomic E-state index is -4.95. The summed E-state index contributed by atoms with van der Waals surface area (Å²) in [7, 11) is -9.90. The van der Waals surface area contributed by atoms with Gasteiger partial charge < -0.3 is 33.8 Å². The third kappa shape index (κ3) is 63.5. The largest absolute Gasteiger partial charge is 0.472 e. The Balaban J connectivity index is 5.12. The van der Waals surface area contributed by atoms with E-state index in [1.807, 2.05) is 0 Å². The molecule has 19 heteroatoms. The average Bonchev–Trinajstić information content (AvgIpc) is 2.97. The van der Waals surface area contributed by atoms with Gasteiger partial charge in [0.25, 0.3) is 0 Å². The molecule has 0 saturated heterocycles. The van der Waals surface area contributed by atoms with Crippen LogP contribution in [0.4, 0.5) is 0 Å². The summed E-state index contributed by atoms with van der Waals surface area (Å²) in [5, 5.41) is 10.6. The van der Waals surface area contributed by atoms with E-state index in [1.54, 1.807) is 0 Å². The van der Waals surface area contributed by atoms with Gasteiger partial charge in [-0.15, -0.1) is 0 Å². The van der Waals surface area contributed by atoms with Crippen molar-refractivity contribution in [3.05, 3.63) is 0 Å². The van der Waals surface area contributed by atoms with E-state index in [0.29, 0.717) is 37.5 Å². The zero-order valence-corrected chi connectivity index (χ0v) is 60.4. The predicted molar refractivity (Wildman–Crippen MR) is 363 cm³/mol. The highest BCUT2D eigenvalue weighted by Gasteiger charge is 2.30. The van der Waals surface area contributed by atoms with Crippen LogP contribution < -0.4 is 0 Å². The van der Waals surface area contributed by atoms with Crippen molar-refractivity contribution >= 4 is 39.5 Å². The fourth-order valence-electron chi connectivity index (χ4n) is 10.7. The van der Waals surface area contributed by atoms with Crippen LogP contribution in [0.3, 0.4) is 0 Å². The van der Waals surface area contributed by atoms with E-state index >= 15 is 0 Å². The normalized spacial score (nSPS) is 14.5. The molecule has 0 aliphatic heterocycles. The number of carbonyl (C=O) groups is 4. The number of unbranched alkanes of at least 4 members (excludes halogenated alkanes) is 36. The van der Waals surface area contributed by atoms with Crippen LogP contribution in [0, 0.1) is 17.8 Å². The molecule has 0 aromatic rings. The molecule has 0 aliphatic rings. The van der Waals surface area contributed by atoms with Gasteiger partial charge in [0.15, 0.2) is 12.2 Å². The number of phosphoric acid groups is 2. The van der Waals surface area contributed by atoms with Crippen molar-refractivity contribution in [1.82, 2.24) is 0 Å². The monoisotopic (exact) mass is 1320 g/mol. The Morgan fingerprint density at radius 1 is 0.322 bits per heavy atom. The fraction of sp³-hybridized carbons (Fsp3) is 0.944. The van der Waals surface area contributed by atoms with Gasteiger partial charge in [-0.25, -0.2) is 9.13 Å². The lowest BCUT2D eigenvalue weighted by atomic mass is 9.99. The molecule has 0 aliphatic carbocycles. The number of ether oxygens (including phenoxy) is 4. The predicted octanol–water partition coefficient (Wildman–Crippen LogP) is 20.2. The van der Waals surface area contributed by atoms with Crippen LogP contribution in [-0.2, 0) is 65.4 Å². The minimum absolute atomic E-state index is 0.101. The number of hydrogen-bond donors (Lipinski definition) is 3. The van der Waals surface area contributed by atoms with Crippen molar-refractivity contribution in [2.75, 3.05) is 39.6 Å². The summed E-state index contributed by atoms with van der Waals surface area (Å²) in [6.07, 6.45) is 46.3. The van der Waals surface area contributed by atoms with Crippen molar-refractivity contribution in [2.45, 2.75) is 375 Å². The summed E-state index contributed by atoms with van der Waals surface area (Å²) in [4.78, 5) is 72.4. The van der Waals surface area contributed by atoms with Gasteiger partial charge in [-0.05, 0) is 43.4 Å². The number of aliphatic hydroxyl groups excluding tert-OH is 1. The molecule has 0 saturated carbocycles. The van der Waals surface area contributed by atoms with Crippen molar-refractivity contribution in [3.8, 4) is 0 Å². The third-order valence-corrected chi connectivity index (χ3v) is 18.6. The van der Waals surface area contributed by atoms with Crippen LogP contribution in [0.15, 0.2) is 0 Å². The van der Waals surface area contributed by atoms with Crippen LogP contribution in [-0.4, -0.2) is 96.7 Å². The topological polar surface area (TPSA) is 237 Å². The standard InChI is InChI=1S/C71H138O17P2/c1-8-10-11-12-13-14-26-29-38-45-52-68(73)81-58-66(87-70(75)54-47-40-30-27-24-22-20-18-16-15-17-19-21-23-25-28-37-44-51-64(7)9-2)60-85-89(77,78)83-56-65(72)57-84-90(79,80)86-61-67(88-71(76)55-48-41-34-32-36-43-50-63(5)6)59-82-69(74)53-46-39-33-31-35-42-49-62(3)4/h62-67,72H,8-61H2,1-7H3,(H,77,78)(H,79,80)/t64?,65-,66-,67-/m1/s1. The smallest absolute Gasteiger partial charge is 0.462 e. The van der Waals surface area contributed by atoms with E-state index in [4.69, 9.17) is 37.0 Å². The second-order valence-electron chi connectivity index (χ2n) is 26.8. The zero-order valence-electron chi connectivity index (χ0n) is 58.6. The van der Waals surface area contributed by atoms with Gasteiger partial charge in [-0.2, -0.15) is 0 Å². The van der Waals surface area contributed by atoms with Crippen molar-refractivity contribution in [1.29, 1.82) is 0 Å². The molecule has 0 heterocycles. The number of esters is 4. The molecule has 0 spiro atoms. The first kappa shape index (κ1) is 88.1. The average molecular weight is 1330 g/mol. The molecule has 0 radical (unpaired) electrons. The van der Waals surface area contributed by atoms with Crippen LogP contribution in [0.1, 0.15) is 357 Å². The minimum Gasteiger partial charge on any atom is -0.462 e. The van der Waals surface area contributed by atoms with Gasteiger partial charge in [0.2, 0.25) is 0 Å². The van der Waals surface area contributed by atoms with E-state index in [-0.39, 0.29) is 25.7 Å². The van der Waals surface area contributed by atoms with Gasteiger partial charge in [-0.3, -0.25) is 37.3 Å². The molecule has 3 N–H and O–H groups in total. The number of carbonyl (C=O) groups excluding carboxylic acids is 4. The zero-order chi connectivity index (χ0) is 66.6. The van der Waals surface area contributed by atoms with Crippen molar-refractivity contribution in [2.24, 2.45) is 17.8 Å². The Bertz CT molecular complexity index is 1770. The molecule has 0 bridgehead atoms. The molecule has 0 aromatic heterocycles. The molecular formula is C71H138O17P2. The van der Waals surface area contributed by atoms with Gasteiger partial charge >= 0.3 is 39.5 Å². The maximum atomic E-state index is 13.0. The summed E-state index contributed by atoms with van der Waals surface area (Å²) < 4.78 is 68.1. The molecule has 90 heavy (non-hydrogen) atoms. The van der Waals surface area contributed by atoms with E-state index in [9.17, 15) is 43.2 Å². The third-order valence-electron chi connectivity index (χ3n) is 16.7. The molecule has 0 fully saturated rings. The molecule has 3 unspecified atom stereocenters. The quantitative estimate of drug-likeness (QED) is 0.0222. The van der Waals surface area contributed by atoms with Gasteiger partial charge in [0.05, 0.1) is 26.4 Å². The lowest BCUT2D eigenvalue weighted by Gasteiger charge is -2.21. The second-order valence-corrected chi connectivity index (χ2v) is 29.7. The van der Waals surface area contributed by atoms with Crippen LogP contribution >= 0.6 is 15.6 Å². The highest BCUT2D eigenvalue weighted by molar-refractivity contribution is 7.47. The van der Waals surface area contributed by atoms with Crippen LogP contribution in [0.2, 0.25) is 0 Å². The molecule has 0 amide bonds.